The molecule has 2 atom stereocenters. The van der Waals surface area contributed by atoms with Gasteiger partial charge >= 0.3 is 0 Å². The van der Waals surface area contributed by atoms with Crippen LogP contribution < -0.4 is 15.4 Å². The van der Waals surface area contributed by atoms with E-state index in [1.54, 1.807) is 0 Å². The molecule has 2 N–H and O–H groups in total. The molecule has 1 saturated heterocycles. The first-order chi connectivity index (χ1) is 10.1. The molecule has 5 heteroatoms. The van der Waals surface area contributed by atoms with Crippen LogP contribution in [0.3, 0.4) is 0 Å². The molecule has 1 amide bonds. The average molecular weight is 355 g/mol. The summed E-state index contributed by atoms with van der Waals surface area (Å²) in [7, 11) is 0. The van der Waals surface area contributed by atoms with E-state index in [-0.39, 0.29) is 12.0 Å². The number of nitrogens with one attached hydrogen (secondary N) is 2. The second kappa shape index (κ2) is 8.39. The van der Waals surface area contributed by atoms with Gasteiger partial charge in [-0.25, -0.2) is 0 Å². The quantitative estimate of drug-likeness (QED) is 0.791. The van der Waals surface area contributed by atoms with E-state index in [0.29, 0.717) is 18.9 Å². The van der Waals surface area contributed by atoms with Gasteiger partial charge in [0.1, 0.15) is 11.9 Å². The van der Waals surface area contributed by atoms with E-state index in [1.807, 2.05) is 31.2 Å². The molecule has 1 heterocycles. The molecule has 0 saturated carbocycles. The lowest BCUT2D eigenvalue weighted by atomic mass is 10.0. The van der Waals surface area contributed by atoms with Crippen molar-refractivity contribution in [2.75, 3.05) is 19.6 Å². The third-order valence-electron chi connectivity index (χ3n) is 3.66. The zero-order valence-electron chi connectivity index (χ0n) is 12.4. The van der Waals surface area contributed by atoms with Crippen molar-refractivity contribution in [3.63, 3.8) is 0 Å². The van der Waals surface area contributed by atoms with Gasteiger partial charge in [0.2, 0.25) is 5.91 Å². The predicted octanol–water partition coefficient (Wildman–Crippen LogP) is 2.72. The van der Waals surface area contributed by atoms with Crippen molar-refractivity contribution in [3.05, 3.63) is 28.7 Å². The molecule has 0 aromatic heterocycles. The van der Waals surface area contributed by atoms with E-state index in [2.05, 4.69) is 26.6 Å². The van der Waals surface area contributed by atoms with Gasteiger partial charge in [0.15, 0.2) is 0 Å². The lowest BCUT2D eigenvalue weighted by Crippen LogP contribution is -2.33. The van der Waals surface area contributed by atoms with Crippen molar-refractivity contribution in [3.8, 4) is 5.75 Å². The number of halogens is 1. The van der Waals surface area contributed by atoms with Gasteiger partial charge in [-0.1, -0.05) is 22.0 Å². The molecule has 0 radical (unpaired) electrons. The number of hydrogen-bond acceptors (Lipinski definition) is 3. The highest BCUT2D eigenvalue weighted by Gasteiger charge is 2.16. The van der Waals surface area contributed by atoms with Crippen molar-refractivity contribution >= 4 is 21.8 Å². The minimum absolute atomic E-state index is 0.0450. The van der Waals surface area contributed by atoms with Gasteiger partial charge < -0.3 is 15.4 Å². The smallest absolute Gasteiger partial charge is 0.220 e. The molecular weight excluding hydrogens is 332 g/mol. The lowest BCUT2D eigenvalue weighted by molar-refractivity contribution is -0.121. The van der Waals surface area contributed by atoms with Crippen LogP contribution in [0.4, 0.5) is 0 Å². The monoisotopic (exact) mass is 354 g/mol. The summed E-state index contributed by atoms with van der Waals surface area (Å²) in [6.45, 7) is 4.63. The molecular formula is C16H23BrN2O2. The summed E-state index contributed by atoms with van der Waals surface area (Å²) >= 11 is 3.41. The molecule has 2 unspecified atom stereocenters. The van der Waals surface area contributed by atoms with Crippen LogP contribution in [0.25, 0.3) is 0 Å². The summed E-state index contributed by atoms with van der Waals surface area (Å²) < 4.78 is 6.76. The van der Waals surface area contributed by atoms with Gasteiger partial charge in [-0.15, -0.1) is 0 Å². The summed E-state index contributed by atoms with van der Waals surface area (Å²) in [6, 6.07) is 7.72. The Balaban J connectivity index is 1.63. The highest BCUT2D eigenvalue weighted by atomic mass is 79.9. The third kappa shape index (κ3) is 6.06. The summed E-state index contributed by atoms with van der Waals surface area (Å²) in [6.07, 6.45) is 2.72. The summed E-state index contributed by atoms with van der Waals surface area (Å²) in [4.78, 5) is 11.8. The first-order valence-corrected chi connectivity index (χ1v) is 8.32. The molecule has 1 aliphatic heterocycles. The second-order valence-corrected chi connectivity index (χ2v) is 6.50. The number of hydrogen-bond donors (Lipinski definition) is 2. The molecule has 2 rings (SSSR count). The van der Waals surface area contributed by atoms with Crippen molar-refractivity contribution < 1.29 is 9.53 Å². The highest BCUT2D eigenvalue weighted by molar-refractivity contribution is 9.10. The number of amides is 1. The van der Waals surface area contributed by atoms with Crippen LogP contribution in [0.1, 0.15) is 26.2 Å². The van der Waals surface area contributed by atoms with Crippen LogP contribution in [-0.2, 0) is 4.79 Å². The van der Waals surface area contributed by atoms with Crippen molar-refractivity contribution in [2.45, 2.75) is 32.3 Å². The number of rotatable bonds is 7. The number of carbonyl (C=O) groups excluding carboxylic acids is 1. The van der Waals surface area contributed by atoms with E-state index < -0.39 is 0 Å². The molecule has 0 aliphatic carbocycles. The third-order valence-corrected chi connectivity index (χ3v) is 4.16. The van der Waals surface area contributed by atoms with Gasteiger partial charge in [-0.2, -0.15) is 0 Å². The molecule has 1 aromatic carbocycles. The van der Waals surface area contributed by atoms with Crippen molar-refractivity contribution in [2.24, 2.45) is 5.92 Å². The largest absolute Gasteiger partial charge is 0.489 e. The van der Waals surface area contributed by atoms with E-state index in [4.69, 9.17) is 4.74 Å². The fraction of sp³-hybridized carbons (Fsp3) is 0.562. The van der Waals surface area contributed by atoms with Crippen molar-refractivity contribution in [1.82, 2.24) is 10.6 Å². The number of ether oxygens (including phenoxy) is 1. The zero-order valence-corrected chi connectivity index (χ0v) is 14.0. The first-order valence-electron chi connectivity index (χ1n) is 7.53. The van der Waals surface area contributed by atoms with Crippen LogP contribution in [0, 0.1) is 5.92 Å². The first kappa shape index (κ1) is 16.3. The summed E-state index contributed by atoms with van der Waals surface area (Å²) in [5.41, 5.74) is 0. The predicted molar refractivity (Wildman–Crippen MR) is 87.5 cm³/mol. The highest BCUT2D eigenvalue weighted by Crippen LogP contribution is 2.18. The fourth-order valence-corrected chi connectivity index (χ4v) is 2.83. The minimum atomic E-state index is -0.0450. The van der Waals surface area contributed by atoms with Crippen LogP contribution in [0.5, 0.6) is 5.75 Å². The minimum Gasteiger partial charge on any atom is -0.489 e. The van der Waals surface area contributed by atoms with E-state index >= 15 is 0 Å². The lowest BCUT2D eigenvalue weighted by Gasteiger charge is -2.16. The molecule has 1 fully saturated rings. The van der Waals surface area contributed by atoms with E-state index in [1.165, 1.54) is 6.42 Å². The normalized spacial score (nSPS) is 19.2. The van der Waals surface area contributed by atoms with Gasteiger partial charge in [-0.3, -0.25) is 4.79 Å². The maximum atomic E-state index is 11.8. The molecule has 21 heavy (non-hydrogen) atoms. The second-order valence-electron chi connectivity index (χ2n) is 5.59. The Labute approximate surface area is 134 Å². The average Bonchev–Trinajstić information content (AvgIpc) is 2.96. The molecule has 116 valence electrons. The Morgan fingerprint density at radius 1 is 1.57 bits per heavy atom. The summed E-state index contributed by atoms with van der Waals surface area (Å²) in [5, 5.41) is 6.27. The van der Waals surface area contributed by atoms with E-state index in [0.717, 1.165) is 29.7 Å². The Hall–Kier alpha value is -1.07. The van der Waals surface area contributed by atoms with Gasteiger partial charge in [0.25, 0.3) is 0 Å². The number of benzene rings is 1. The van der Waals surface area contributed by atoms with Gasteiger partial charge in [0.05, 0.1) is 6.54 Å². The topological polar surface area (TPSA) is 50.4 Å². The van der Waals surface area contributed by atoms with Crippen molar-refractivity contribution in [1.29, 1.82) is 0 Å². The van der Waals surface area contributed by atoms with Crippen LogP contribution >= 0.6 is 15.9 Å². The molecule has 0 bridgehead atoms. The molecule has 1 aromatic rings. The Bertz CT molecular complexity index is 461. The van der Waals surface area contributed by atoms with Gasteiger partial charge in [-0.05, 0) is 57.0 Å². The maximum absolute atomic E-state index is 11.8. The van der Waals surface area contributed by atoms with E-state index in [9.17, 15) is 4.79 Å². The fourth-order valence-electron chi connectivity index (χ4n) is 2.46. The molecule has 0 spiro atoms. The standard InChI is InChI=1S/C16H23BrN2O2/c1-12(21-15-4-2-3-14(17)9-15)10-19-16(20)6-5-13-7-8-18-11-13/h2-4,9,12-13,18H,5-8,10-11H2,1H3,(H,19,20). The maximum Gasteiger partial charge on any atom is 0.220 e. The Kier molecular flexibility index (Phi) is 6.51. The van der Waals surface area contributed by atoms with Crippen LogP contribution in [0.15, 0.2) is 28.7 Å². The zero-order chi connectivity index (χ0) is 15.1. The summed E-state index contributed by atoms with van der Waals surface area (Å²) in [5.74, 6) is 1.58. The Morgan fingerprint density at radius 2 is 2.43 bits per heavy atom. The SMILES string of the molecule is CC(CNC(=O)CCC1CCNC1)Oc1cccc(Br)c1. The molecule has 1 aliphatic rings. The van der Waals surface area contributed by atoms with Crippen LogP contribution in [-0.4, -0.2) is 31.6 Å². The molecule has 4 nitrogen and oxygen atoms in total. The number of carbonyl (C=O) groups is 1. The van der Waals surface area contributed by atoms with Gasteiger partial charge in [0, 0.05) is 10.9 Å². The van der Waals surface area contributed by atoms with Crippen LogP contribution in [0.2, 0.25) is 0 Å². The Morgan fingerprint density at radius 3 is 3.14 bits per heavy atom.